The SMILES string of the molecule is CCN(C(=O)c1ccc(F)cc1)c1ccc(N)cc1. The van der Waals surface area contributed by atoms with Crippen LogP contribution >= 0.6 is 0 Å². The number of amides is 1. The molecule has 98 valence electrons. The molecule has 4 heteroatoms. The maximum atomic E-state index is 12.9. The van der Waals surface area contributed by atoms with Gasteiger partial charge in [0.25, 0.3) is 5.91 Å². The highest BCUT2D eigenvalue weighted by atomic mass is 19.1. The van der Waals surface area contributed by atoms with Crippen molar-refractivity contribution >= 4 is 17.3 Å². The molecule has 0 saturated heterocycles. The number of carbonyl (C=O) groups is 1. The van der Waals surface area contributed by atoms with Crippen LogP contribution in [-0.4, -0.2) is 12.5 Å². The maximum absolute atomic E-state index is 12.9. The van der Waals surface area contributed by atoms with Crippen molar-refractivity contribution in [2.75, 3.05) is 17.2 Å². The minimum Gasteiger partial charge on any atom is -0.399 e. The van der Waals surface area contributed by atoms with E-state index in [-0.39, 0.29) is 11.7 Å². The molecule has 0 fully saturated rings. The Morgan fingerprint density at radius 3 is 2.21 bits per heavy atom. The van der Waals surface area contributed by atoms with Crippen LogP contribution in [0.3, 0.4) is 0 Å². The number of nitrogen functional groups attached to an aromatic ring is 1. The Balaban J connectivity index is 2.29. The number of hydrogen-bond donors (Lipinski definition) is 1. The molecule has 0 bridgehead atoms. The third-order valence-corrected chi connectivity index (χ3v) is 2.86. The van der Waals surface area contributed by atoms with Crippen molar-refractivity contribution < 1.29 is 9.18 Å². The van der Waals surface area contributed by atoms with E-state index < -0.39 is 0 Å². The smallest absolute Gasteiger partial charge is 0.258 e. The van der Waals surface area contributed by atoms with Crippen LogP contribution in [0.15, 0.2) is 48.5 Å². The first-order valence-electron chi connectivity index (χ1n) is 6.05. The standard InChI is InChI=1S/C15H15FN2O/c1-2-18(14-9-7-13(17)8-10-14)15(19)11-3-5-12(16)6-4-11/h3-10H,2,17H2,1H3. The number of rotatable bonds is 3. The van der Waals surface area contributed by atoms with Gasteiger partial charge in [0.2, 0.25) is 0 Å². The molecule has 0 heterocycles. The lowest BCUT2D eigenvalue weighted by Gasteiger charge is -2.21. The van der Waals surface area contributed by atoms with Crippen LogP contribution < -0.4 is 10.6 Å². The van der Waals surface area contributed by atoms with Crippen molar-refractivity contribution in [1.29, 1.82) is 0 Å². The van der Waals surface area contributed by atoms with E-state index in [1.165, 1.54) is 24.3 Å². The predicted octanol–water partition coefficient (Wildman–Crippen LogP) is 3.07. The highest BCUT2D eigenvalue weighted by Gasteiger charge is 2.15. The van der Waals surface area contributed by atoms with Crippen molar-refractivity contribution in [3.63, 3.8) is 0 Å². The summed E-state index contributed by atoms with van der Waals surface area (Å²) in [7, 11) is 0. The second kappa shape index (κ2) is 5.52. The van der Waals surface area contributed by atoms with Crippen molar-refractivity contribution in [3.05, 3.63) is 59.9 Å². The van der Waals surface area contributed by atoms with Gasteiger partial charge in [0.15, 0.2) is 0 Å². The summed E-state index contributed by atoms with van der Waals surface area (Å²) in [6, 6.07) is 12.6. The zero-order valence-corrected chi connectivity index (χ0v) is 10.6. The molecule has 2 aromatic carbocycles. The molecule has 0 unspecified atom stereocenters. The predicted molar refractivity (Wildman–Crippen MR) is 74.6 cm³/mol. The molecule has 0 saturated carbocycles. The van der Waals surface area contributed by atoms with Gasteiger partial charge in [0.05, 0.1) is 0 Å². The Bertz CT molecular complexity index is 564. The number of halogens is 1. The van der Waals surface area contributed by atoms with Crippen LogP contribution in [0, 0.1) is 5.82 Å². The van der Waals surface area contributed by atoms with E-state index in [4.69, 9.17) is 5.73 Å². The van der Waals surface area contributed by atoms with E-state index in [0.29, 0.717) is 17.8 Å². The summed E-state index contributed by atoms with van der Waals surface area (Å²) in [4.78, 5) is 14.0. The molecule has 0 aliphatic carbocycles. The second-order valence-corrected chi connectivity index (χ2v) is 4.15. The topological polar surface area (TPSA) is 46.3 Å². The van der Waals surface area contributed by atoms with E-state index >= 15 is 0 Å². The van der Waals surface area contributed by atoms with Crippen LogP contribution in [0.2, 0.25) is 0 Å². The third-order valence-electron chi connectivity index (χ3n) is 2.86. The van der Waals surface area contributed by atoms with Gasteiger partial charge in [-0.05, 0) is 55.5 Å². The van der Waals surface area contributed by atoms with Gasteiger partial charge in [0.1, 0.15) is 5.82 Å². The van der Waals surface area contributed by atoms with Crippen LogP contribution in [0.1, 0.15) is 17.3 Å². The molecule has 19 heavy (non-hydrogen) atoms. The van der Waals surface area contributed by atoms with Crippen LogP contribution in [0.4, 0.5) is 15.8 Å². The van der Waals surface area contributed by atoms with E-state index in [0.717, 1.165) is 5.69 Å². The third kappa shape index (κ3) is 2.91. The van der Waals surface area contributed by atoms with Crippen molar-refractivity contribution in [1.82, 2.24) is 0 Å². The van der Waals surface area contributed by atoms with Crippen LogP contribution in [0.25, 0.3) is 0 Å². The minimum atomic E-state index is -0.355. The van der Waals surface area contributed by atoms with Crippen molar-refractivity contribution in [2.24, 2.45) is 0 Å². The van der Waals surface area contributed by atoms with Gasteiger partial charge in [-0.2, -0.15) is 0 Å². The lowest BCUT2D eigenvalue weighted by molar-refractivity contribution is 0.0988. The van der Waals surface area contributed by atoms with Gasteiger partial charge in [-0.1, -0.05) is 0 Å². The molecule has 0 aliphatic rings. The molecule has 0 atom stereocenters. The summed E-state index contributed by atoms with van der Waals surface area (Å²) < 4.78 is 12.9. The quantitative estimate of drug-likeness (QED) is 0.860. The molecule has 2 rings (SSSR count). The molecule has 0 spiro atoms. The minimum absolute atomic E-state index is 0.160. The number of nitrogens with zero attached hydrogens (tertiary/aromatic N) is 1. The lowest BCUT2D eigenvalue weighted by Crippen LogP contribution is -2.30. The van der Waals surface area contributed by atoms with E-state index in [1.54, 1.807) is 29.2 Å². The summed E-state index contributed by atoms with van der Waals surface area (Å²) >= 11 is 0. The fraction of sp³-hybridized carbons (Fsp3) is 0.133. The van der Waals surface area contributed by atoms with E-state index in [2.05, 4.69) is 0 Å². The monoisotopic (exact) mass is 258 g/mol. The number of anilines is 2. The molecule has 0 aromatic heterocycles. The Morgan fingerprint density at radius 1 is 1.11 bits per heavy atom. The highest BCUT2D eigenvalue weighted by Crippen LogP contribution is 2.19. The summed E-state index contributed by atoms with van der Waals surface area (Å²) in [5.74, 6) is -0.514. The highest BCUT2D eigenvalue weighted by molar-refractivity contribution is 6.06. The first-order valence-corrected chi connectivity index (χ1v) is 6.05. The van der Waals surface area contributed by atoms with Gasteiger partial charge in [-0.25, -0.2) is 4.39 Å². The number of carbonyl (C=O) groups excluding carboxylic acids is 1. The molecular weight excluding hydrogens is 243 g/mol. The molecule has 1 amide bonds. The van der Waals surface area contributed by atoms with Gasteiger partial charge in [-0.3, -0.25) is 4.79 Å². The lowest BCUT2D eigenvalue weighted by atomic mass is 10.1. The molecule has 2 N–H and O–H groups in total. The number of benzene rings is 2. The Morgan fingerprint density at radius 2 is 1.68 bits per heavy atom. The fourth-order valence-electron chi connectivity index (χ4n) is 1.85. The fourth-order valence-corrected chi connectivity index (χ4v) is 1.85. The number of nitrogens with two attached hydrogens (primary N) is 1. The second-order valence-electron chi connectivity index (χ2n) is 4.15. The van der Waals surface area contributed by atoms with Crippen molar-refractivity contribution in [3.8, 4) is 0 Å². The molecule has 2 aromatic rings. The largest absolute Gasteiger partial charge is 0.399 e. The zero-order valence-electron chi connectivity index (χ0n) is 10.6. The van der Waals surface area contributed by atoms with Gasteiger partial charge >= 0.3 is 0 Å². The summed E-state index contributed by atoms with van der Waals surface area (Å²) in [5, 5.41) is 0. The molecular formula is C15H15FN2O. The maximum Gasteiger partial charge on any atom is 0.258 e. The van der Waals surface area contributed by atoms with Crippen LogP contribution in [-0.2, 0) is 0 Å². The Hall–Kier alpha value is -2.36. The average molecular weight is 258 g/mol. The first-order chi connectivity index (χ1) is 9.11. The van der Waals surface area contributed by atoms with Crippen LogP contribution in [0.5, 0.6) is 0 Å². The Labute approximate surface area is 111 Å². The first kappa shape index (κ1) is 13.1. The summed E-state index contributed by atoms with van der Waals surface area (Å²) in [6.07, 6.45) is 0. The zero-order chi connectivity index (χ0) is 13.8. The summed E-state index contributed by atoms with van der Waals surface area (Å²) in [6.45, 7) is 2.41. The summed E-state index contributed by atoms with van der Waals surface area (Å²) in [5.41, 5.74) is 7.50. The molecule has 3 nitrogen and oxygen atoms in total. The van der Waals surface area contributed by atoms with Crippen molar-refractivity contribution in [2.45, 2.75) is 6.92 Å². The van der Waals surface area contributed by atoms with Gasteiger partial charge < -0.3 is 10.6 Å². The normalized spacial score (nSPS) is 10.2. The van der Waals surface area contributed by atoms with E-state index in [1.807, 2.05) is 6.92 Å². The average Bonchev–Trinajstić information content (AvgIpc) is 2.42. The van der Waals surface area contributed by atoms with Gasteiger partial charge in [0, 0.05) is 23.5 Å². The molecule has 0 aliphatic heterocycles. The Kier molecular flexibility index (Phi) is 3.80. The number of hydrogen-bond acceptors (Lipinski definition) is 2. The van der Waals surface area contributed by atoms with E-state index in [9.17, 15) is 9.18 Å². The van der Waals surface area contributed by atoms with Gasteiger partial charge in [-0.15, -0.1) is 0 Å². The molecule has 0 radical (unpaired) electrons.